The fourth-order valence-electron chi connectivity index (χ4n) is 5.27. The zero-order valence-corrected chi connectivity index (χ0v) is 25.2. The van der Waals surface area contributed by atoms with Crippen molar-refractivity contribution in [2.45, 2.75) is 43.2 Å². The third-order valence-corrected chi connectivity index (χ3v) is 9.58. The Kier molecular flexibility index (Phi) is 9.80. The number of carbonyl (C=O) groups is 1. The van der Waals surface area contributed by atoms with Gasteiger partial charge in [-0.2, -0.15) is 0 Å². The number of benzene rings is 4. The van der Waals surface area contributed by atoms with Crippen LogP contribution in [0.2, 0.25) is 5.02 Å². The molecule has 11 heteroatoms. The van der Waals surface area contributed by atoms with Gasteiger partial charge in [0.05, 0.1) is 23.7 Å². The first kappa shape index (κ1) is 31.4. The molecule has 1 unspecified atom stereocenters. The summed E-state index contributed by atoms with van der Waals surface area (Å²) in [4.78, 5) is 14.8. The molecular weight excluding hydrogens is 613 g/mol. The number of rotatable bonds is 10. The van der Waals surface area contributed by atoms with Crippen molar-refractivity contribution in [3.05, 3.63) is 125 Å². The van der Waals surface area contributed by atoms with Crippen molar-refractivity contribution in [3.8, 4) is 5.75 Å². The van der Waals surface area contributed by atoms with Gasteiger partial charge >= 0.3 is 0 Å². The fraction of sp³-hybridized carbons (Fsp3) is 0.242. The van der Waals surface area contributed by atoms with Crippen LogP contribution in [0.4, 0.5) is 18.9 Å². The highest BCUT2D eigenvalue weighted by Crippen LogP contribution is 2.32. The van der Waals surface area contributed by atoms with Crippen LogP contribution in [0.5, 0.6) is 5.75 Å². The number of piperidine rings is 1. The van der Waals surface area contributed by atoms with E-state index >= 15 is 4.39 Å². The van der Waals surface area contributed by atoms with E-state index in [0.717, 1.165) is 41.8 Å². The number of sulfonamides is 1. The van der Waals surface area contributed by atoms with E-state index in [1.54, 1.807) is 29.2 Å². The molecule has 4 aromatic rings. The molecule has 1 heterocycles. The first-order valence-electron chi connectivity index (χ1n) is 14.1. The topological polar surface area (TPSA) is 66.9 Å². The number of halogens is 4. The largest absolute Gasteiger partial charge is 0.493 e. The van der Waals surface area contributed by atoms with Gasteiger partial charge in [-0.1, -0.05) is 29.8 Å². The molecule has 5 rings (SSSR count). The molecule has 0 spiro atoms. The van der Waals surface area contributed by atoms with Crippen molar-refractivity contribution < 1.29 is 31.1 Å². The van der Waals surface area contributed by atoms with Gasteiger partial charge in [0.2, 0.25) is 0 Å². The van der Waals surface area contributed by atoms with E-state index in [2.05, 4.69) is 0 Å². The number of hydrogen-bond donors (Lipinski definition) is 0. The van der Waals surface area contributed by atoms with Gasteiger partial charge < -0.3 is 9.64 Å². The monoisotopic (exact) mass is 642 g/mol. The van der Waals surface area contributed by atoms with Gasteiger partial charge in [-0.25, -0.2) is 21.6 Å². The molecule has 1 saturated heterocycles. The molecule has 1 fully saturated rings. The lowest BCUT2D eigenvalue weighted by Gasteiger charge is -2.36. The number of hydrogen-bond acceptors (Lipinski definition) is 4. The Morgan fingerprint density at radius 2 is 1.61 bits per heavy atom. The molecule has 1 aliphatic heterocycles. The second kappa shape index (κ2) is 13.7. The SMILES string of the molecule is O=C(c1ccc(F)cc1)N1CCCCC1CCOc1ccccc1CN(c1cc(F)ccc1F)S(=O)(=O)c1ccc(Cl)cc1. The Morgan fingerprint density at radius 1 is 0.909 bits per heavy atom. The fourth-order valence-corrected chi connectivity index (χ4v) is 6.84. The van der Waals surface area contributed by atoms with Crippen molar-refractivity contribution in [2.75, 3.05) is 17.5 Å². The van der Waals surface area contributed by atoms with Crippen LogP contribution in [-0.4, -0.2) is 38.4 Å². The van der Waals surface area contributed by atoms with Gasteiger partial charge in [0.1, 0.15) is 23.2 Å². The van der Waals surface area contributed by atoms with Gasteiger partial charge in [0.25, 0.3) is 15.9 Å². The van der Waals surface area contributed by atoms with Crippen LogP contribution in [0.15, 0.2) is 95.9 Å². The third kappa shape index (κ3) is 7.19. The average Bonchev–Trinajstić information content (AvgIpc) is 3.02. The Balaban J connectivity index is 1.36. The summed E-state index contributed by atoms with van der Waals surface area (Å²) in [5, 5.41) is 0.321. The zero-order chi connectivity index (χ0) is 31.3. The summed E-state index contributed by atoms with van der Waals surface area (Å²) in [6, 6.07) is 20.2. The van der Waals surface area contributed by atoms with E-state index < -0.39 is 33.2 Å². The highest BCUT2D eigenvalue weighted by atomic mass is 35.5. The minimum absolute atomic E-state index is 0.100. The second-order valence-corrected chi connectivity index (χ2v) is 12.8. The number of amides is 1. The highest BCUT2D eigenvalue weighted by molar-refractivity contribution is 7.92. The van der Waals surface area contributed by atoms with Crippen LogP contribution in [0, 0.1) is 17.5 Å². The minimum atomic E-state index is -4.36. The van der Waals surface area contributed by atoms with E-state index in [1.165, 1.54) is 48.5 Å². The van der Waals surface area contributed by atoms with Crippen molar-refractivity contribution in [3.63, 3.8) is 0 Å². The summed E-state index contributed by atoms with van der Waals surface area (Å²) in [7, 11) is -4.36. The molecule has 0 radical (unpaired) electrons. The molecule has 0 N–H and O–H groups in total. The van der Waals surface area contributed by atoms with Crippen molar-refractivity contribution in [1.82, 2.24) is 4.90 Å². The molecule has 6 nitrogen and oxygen atoms in total. The van der Waals surface area contributed by atoms with Crippen LogP contribution in [0.3, 0.4) is 0 Å². The normalized spacial score (nSPS) is 15.2. The maximum absolute atomic E-state index is 15.0. The quantitative estimate of drug-likeness (QED) is 0.179. The molecule has 4 aromatic carbocycles. The van der Waals surface area contributed by atoms with Gasteiger partial charge in [-0.15, -0.1) is 0 Å². The Bertz CT molecular complexity index is 1720. The molecular formula is C33H30ClF3N2O4S. The Hall–Kier alpha value is -4.02. The van der Waals surface area contributed by atoms with E-state index in [1.807, 2.05) is 0 Å². The lowest BCUT2D eigenvalue weighted by atomic mass is 9.98. The second-order valence-electron chi connectivity index (χ2n) is 10.5. The van der Waals surface area contributed by atoms with Gasteiger partial charge in [0, 0.05) is 41.2 Å². The van der Waals surface area contributed by atoms with Crippen molar-refractivity contribution >= 4 is 33.2 Å². The Labute approximate surface area is 259 Å². The molecule has 230 valence electrons. The van der Waals surface area contributed by atoms with E-state index in [0.29, 0.717) is 34.9 Å². The average molecular weight is 643 g/mol. The summed E-state index contributed by atoms with van der Waals surface area (Å²) >= 11 is 5.95. The van der Waals surface area contributed by atoms with Gasteiger partial charge in [-0.3, -0.25) is 9.10 Å². The summed E-state index contributed by atoms with van der Waals surface area (Å²) in [6.45, 7) is 0.446. The maximum Gasteiger partial charge on any atom is 0.264 e. The number of anilines is 1. The summed E-state index contributed by atoms with van der Waals surface area (Å²) in [6.07, 6.45) is 3.10. The zero-order valence-electron chi connectivity index (χ0n) is 23.6. The Morgan fingerprint density at radius 3 is 2.36 bits per heavy atom. The number of nitrogens with zero attached hydrogens (tertiary/aromatic N) is 2. The summed E-state index contributed by atoms with van der Waals surface area (Å²) in [5.41, 5.74) is 0.389. The summed E-state index contributed by atoms with van der Waals surface area (Å²) in [5.74, 6) is -1.92. The molecule has 0 aromatic heterocycles. The molecule has 0 bridgehead atoms. The molecule has 1 aliphatic rings. The van der Waals surface area contributed by atoms with Crippen LogP contribution < -0.4 is 9.04 Å². The summed E-state index contributed by atoms with van der Waals surface area (Å²) < 4.78 is 77.1. The van der Waals surface area contributed by atoms with Crippen LogP contribution in [0.25, 0.3) is 0 Å². The number of likely N-dealkylation sites (tertiary alicyclic amines) is 1. The van der Waals surface area contributed by atoms with Crippen LogP contribution in [-0.2, 0) is 16.6 Å². The number of carbonyl (C=O) groups excluding carboxylic acids is 1. The van der Waals surface area contributed by atoms with Gasteiger partial charge in [-0.05, 0) is 86.0 Å². The number of ether oxygens (including phenoxy) is 1. The van der Waals surface area contributed by atoms with Crippen molar-refractivity contribution in [2.24, 2.45) is 0 Å². The van der Waals surface area contributed by atoms with E-state index in [4.69, 9.17) is 16.3 Å². The number of para-hydroxylation sites is 1. The van der Waals surface area contributed by atoms with E-state index in [-0.39, 0.29) is 30.0 Å². The molecule has 1 atom stereocenters. The minimum Gasteiger partial charge on any atom is -0.493 e. The van der Waals surface area contributed by atoms with Gasteiger partial charge in [0.15, 0.2) is 0 Å². The van der Waals surface area contributed by atoms with Crippen LogP contribution >= 0.6 is 11.6 Å². The molecule has 0 aliphatic carbocycles. The first-order chi connectivity index (χ1) is 21.1. The van der Waals surface area contributed by atoms with Crippen LogP contribution in [0.1, 0.15) is 41.6 Å². The third-order valence-electron chi connectivity index (χ3n) is 7.55. The first-order valence-corrected chi connectivity index (χ1v) is 16.0. The lowest BCUT2D eigenvalue weighted by molar-refractivity contribution is 0.0580. The molecule has 0 saturated carbocycles. The molecule has 1 amide bonds. The molecule has 44 heavy (non-hydrogen) atoms. The lowest BCUT2D eigenvalue weighted by Crippen LogP contribution is -2.44. The predicted molar refractivity (Wildman–Crippen MR) is 163 cm³/mol. The predicted octanol–water partition coefficient (Wildman–Crippen LogP) is 7.62. The van der Waals surface area contributed by atoms with Crippen molar-refractivity contribution in [1.29, 1.82) is 0 Å². The smallest absolute Gasteiger partial charge is 0.264 e. The maximum atomic E-state index is 15.0. The van der Waals surface area contributed by atoms with E-state index in [9.17, 15) is 22.0 Å². The standard InChI is InChI=1S/C33H30ClF3N2O4S/c34-25-10-15-29(16-11-25)44(41,42)39(31-21-27(36)14-17-30(31)37)22-24-5-1-2-7-32(24)43-20-18-28-6-3-4-19-38(28)33(40)23-8-12-26(35)13-9-23/h1-2,5,7-17,21,28H,3-4,6,18-20,22H2. The highest BCUT2D eigenvalue weighted by Gasteiger charge is 2.30.